The van der Waals surface area contributed by atoms with Gasteiger partial charge in [0.05, 0.1) is 0 Å². The van der Waals surface area contributed by atoms with Gasteiger partial charge >= 0.3 is 7.82 Å². The van der Waals surface area contributed by atoms with Crippen molar-refractivity contribution in [2.45, 2.75) is 18.4 Å². The molecule has 0 radical (unpaired) electrons. The van der Waals surface area contributed by atoms with Gasteiger partial charge in [0.25, 0.3) is 5.91 Å². The van der Waals surface area contributed by atoms with E-state index in [1.165, 1.54) is 0 Å². The summed E-state index contributed by atoms with van der Waals surface area (Å²) in [5.74, 6) is -1.23. The molecule has 7 heteroatoms. The van der Waals surface area contributed by atoms with Gasteiger partial charge < -0.3 is 5.21 Å². The number of phosphoric acid groups is 1. The van der Waals surface area contributed by atoms with Crippen LogP contribution in [0.15, 0.2) is 0 Å². The highest BCUT2D eigenvalue weighted by molar-refractivity contribution is 7.50. The molecular formula is C4H6NO5P. The highest BCUT2D eigenvalue weighted by atomic mass is 31.2. The van der Waals surface area contributed by atoms with Gasteiger partial charge in [0, 0.05) is 6.54 Å². The van der Waals surface area contributed by atoms with E-state index in [1.807, 2.05) is 0 Å². The van der Waals surface area contributed by atoms with Gasteiger partial charge in [-0.25, -0.2) is 13.6 Å². The van der Waals surface area contributed by atoms with Crippen LogP contribution in [0.2, 0.25) is 0 Å². The monoisotopic (exact) mass is 179 g/mol. The number of hydrogen-bond donors (Lipinski definition) is 1. The molecular weight excluding hydrogens is 173 g/mol. The Kier molecular flexibility index (Phi) is 0.916. The smallest absolute Gasteiger partial charge is 0.309 e. The molecule has 0 aromatic rings. The third-order valence-corrected chi connectivity index (χ3v) is 3.59. The van der Waals surface area contributed by atoms with Crippen LogP contribution in [-0.4, -0.2) is 28.8 Å². The van der Waals surface area contributed by atoms with Crippen molar-refractivity contribution < 1.29 is 23.3 Å². The summed E-state index contributed by atoms with van der Waals surface area (Å²) in [4.78, 5) is 0. The minimum Gasteiger partial charge on any atom is -0.309 e. The molecule has 0 aromatic carbocycles. The van der Waals surface area contributed by atoms with E-state index >= 15 is 0 Å². The van der Waals surface area contributed by atoms with E-state index in [9.17, 15) is 9.77 Å². The Labute approximate surface area is 62.2 Å². The van der Waals surface area contributed by atoms with Crippen LogP contribution in [-0.2, 0) is 18.1 Å². The summed E-state index contributed by atoms with van der Waals surface area (Å²) in [7, 11) is -3.23. The van der Waals surface area contributed by atoms with Crippen molar-refractivity contribution in [1.82, 2.24) is 5.06 Å². The van der Waals surface area contributed by atoms with Crippen molar-refractivity contribution in [3.63, 3.8) is 0 Å². The minimum atomic E-state index is -3.23. The fourth-order valence-corrected chi connectivity index (χ4v) is 3.32. The number of hydrogen-bond acceptors (Lipinski definition) is 6. The summed E-state index contributed by atoms with van der Waals surface area (Å²) in [6.07, 6.45) is 0.193. The van der Waals surface area contributed by atoms with Gasteiger partial charge in [0.1, 0.15) is 6.10 Å². The Hall–Kier alpha value is 0.0300. The first kappa shape index (κ1) is 6.54. The van der Waals surface area contributed by atoms with Gasteiger partial charge in [0.15, 0.2) is 0 Å². The minimum absolute atomic E-state index is 0.390. The molecule has 0 saturated carbocycles. The quantitative estimate of drug-likeness (QED) is 0.539. The molecule has 4 saturated heterocycles. The first-order valence-corrected chi connectivity index (χ1v) is 4.77. The number of nitrogens with zero attached hydrogens (tertiary/aromatic N) is 1. The lowest BCUT2D eigenvalue weighted by molar-refractivity contribution is -0.346. The van der Waals surface area contributed by atoms with Gasteiger partial charge in [-0.15, -0.1) is 5.06 Å². The van der Waals surface area contributed by atoms with Crippen LogP contribution in [0.5, 0.6) is 0 Å². The van der Waals surface area contributed by atoms with Crippen LogP contribution >= 0.6 is 7.82 Å². The van der Waals surface area contributed by atoms with Crippen molar-refractivity contribution in [3.8, 4) is 0 Å². The first-order valence-electron chi connectivity index (χ1n) is 3.31. The maximum Gasteiger partial charge on any atom is 0.482 e. The van der Waals surface area contributed by atoms with Crippen LogP contribution in [0, 0.1) is 0 Å². The molecule has 4 aliphatic rings. The van der Waals surface area contributed by atoms with Crippen LogP contribution in [0.25, 0.3) is 0 Å². The normalized spacial score (nSPS) is 61.0. The number of hydroxylamine groups is 2. The van der Waals surface area contributed by atoms with Gasteiger partial charge in [-0.05, 0) is 6.42 Å². The third-order valence-electron chi connectivity index (χ3n) is 2.11. The number of rotatable bonds is 0. The molecule has 1 N–H and O–H groups in total. The fourth-order valence-electron chi connectivity index (χ4n) is 1.60. The molecule has 11 heavy (non-hydrogen) atoms. The molecule has 4 heterocycles. The van der Waals surface area contributed by atoms with Crippen molar-refractivity contribution in [2.24, 2.45) is 0 Å². The average Bonchev–Trinajstić information content (AvgIpc) is 2.37. The molecule has 4 rings (SSSR count). The van der Waals surface area contributed by atoms with Crippen LogP contribution in [0.3, 0.4) is 0 Å². The standard InChI is InChI=1S/C4H6NO5P/c6-5-2-1-3-4(5)9-11(7,8-3)10-4/h3,6H,1-2H2. The lowest BCUT2D eigenvalue weighted by atomic mass is 10.3. The maximum atomic E-state index is 11.0. The highest BCUT2D eigenvalue weighted by Crippen LogP contribution is 2.76. The Morgan fingerprint density at radius 3 is 3.00 bits per heavy atom. The molecule has 0 aromatic heterocycles. The SMILES string of the molecule is O=P12OC3CCN(O)C3(O1)O2. The predicted molar refractivity (Wildman–Crippen MR) is 30.5 cm³/mol. The molecule has 1 spiro atoms. The van der Waals surface area contributed by atoms with E-state index in [4.69, 9.17) is 13.6 Å². The van der Waals surface area contributed by atoms with E-state index in [0.717, 1.165) is 5.06 Å². The second kappa shape index (κ2) is 1.54. The summed E-state index contributed by atoms with van der Waals surface area (Å²) in [6, 6.07) is 0. The third kappa shape index (κ3) is 0.558. The summed E-state index contributed by atoms with van der Waals surface area (Å²) < 4.78 is 25.6. The predicted octanol–water partition coefficient (Wildman–Crippen LogP) is 0.289. The van der Waals surface area contributed by atoms with Crippen LogP contribution in [0.4, 0.5) is 0 Å². The molecule has 1 unspecified atom stereocenters. The van der Waals surface area contributed by atoms with E-state index in [1.54, 1.807) is 0 Å². The summed E-state index contributed by atoms with van der Waals surface area (Å²) in [5, 5.41) is 10.1. The fraction of sp³-hybridized carbons (Fsp3) is 1.00. The Morgan fingerprint density at radius 1 is 1.64 bits per heavy atom. The van der Waals surface area contributed by atoms with Crippen molar-refractivity contribution in [3.05, 3.63) is 0 Å². The summed E-state index contributed by atoms with van der Waals surface area (Å²) >= 11 is 0. The molecule has 6 nitrogen and oxygen atoms in total. The zero-order valence-corrected chi connectivity index (χ0v) is 6.36. The summed E-state index contributed by atoms with van der Waals surface area (Å²) in [5.41, 5.74) is 0. The van der Waals surface area contributed by atoms with Crippen molar-refractivity contribution in [1.29, 1.82) is 0 Å². The highest BCUT2D eigenvalue weighted by Gasteiger charge is 2.76. The van der Waals surface area contributed by atoms with Gasteiger partial charge in [-0.1, -0.05) is 0 Å². The molecule has 1 atom stereocenters. The van der Waals surface area contributed by atoms with E-state index < -0.39 is 19.8 Å². The van der Waals surface area contributed by atoms with E-state index in [2.05, 4.69) is 0 Å². The van der Waals surface area contributed by atoms with Crippen molar-refractivity contribution in [2.75, 3.05) is 6.54 Å². The lowest BCUT2D eigenvalue weighted by Gasteiger charge is -2.36. The van der Waals surface area contributed by atoms with E-state index in [-0.39, 0.29) is 0 Å². The second-order valence-corrected chi connectivity index (χ2v) is 4.24. The topological polar surface area (TPSA) is 68.2 Å². The Morgan fingerprint density at radius 2 is 2.36 bits per heavy atom. The molecule has 4 fully saturated rings. The largest absolute Gasteiger partial charge is 0.482 e. The molecule has 0 aliphatic carbocycles. The van der Waals surface area contributed by atoms with Gasteiger partial charge in [-0.3, -0.25) is 4.52 Å². The zero-order chi connectivity index (χ0) is 7.69. The van der Waals surface area contributed by atoms with Crippen molar-refractivity contribution >= 4 is 7.82 Å². The molecule has 62 valence electrons. The Bertz CT molecular complexity index is 257. The first-order chi connectivity index (χ1) is 5.15. The Balaban J connectivity index is 2.04. The molecule has 4 aliphatic heterocycles. The second-order valence-electron chi connectivity index (χ2n) is 2.77. The lowest BCUT2D eigenvalue weighted by Crippen LogP contribution is -2.51. The van der Waals surface area contributed by atoms with Crippen LogP contribution in [0.1, 0.15) is 6.42 Å². The average molecular weight is 179 g/mol. The zero-order valence-electron chi connectivity index (χ0n) is 5.47. The molecule has 0 amide bonds. The van der Waals surface area contributed by atoms with Gasteiger partial charge in [0.2, 0.25) is 0 Å². The maximum absolute atomic E-state index is 11.0. The summed E-state index contributed by atoms with van der Waals surface area (Å²) in [6.45, 7) is 0.421. The van der Waals surface area contributed by atoms with Crippen LogP contribution < -0.4 is 0 Å². The number of phosphoric ester groups is 1. The van der Waals surface area contributed by atoms with Gasteiger partial charge in [-0.2, -0.15) is 0 Å². The van der Waals surface area contributed by atoms with E-state index in [0.29, 0.717) is 13.0 Å². The molecule has 2 bridgehead atoms.